The predicted molar refractivity (Wildman–Crippen MR) is 82.3 cm³/mol. The second kappa shape index (κ2) is 8.21. The summed E-state index contributed by atoms with van der Waals surface area (Å²) >= 11 is 0. The van der Waals surface area contributed by atoms with E-state index in [1.807, 2.05) is 24.3 Å². The Morgan fingerprint density at radius 1 is 1.35 bits per heavy atom. The second-order valence-corrected chi connectivity index (χ2v) is 4.79. The third kappa shape index (κ3) is 4.45. The summed E-state index contributed by atoms with van der Waals surface area (Å²) in [4.78, 5) is 13.3. The number of aliphatic hydroxyl groups is 1. The Morgan fingerprint density at radius 2 is 1.95 bits per heavy atom. The number of nitrogens with one attached hydrogen (secondary N) is 2. The molecule has 2 rings (SSSR count). The topological polar surface area (TPSA) is 64.6 Å². The normalized spacial score (nSPS) is 17.1. The van der Waals surface area contributed by atoms with Crippen LogP contribution in [0.2, 0.25) is 0 Å². The molecule has 0 aliphatic carbocycles. The lowest BCUT2D eigenvalue weighted by molar-refractivity contribution is -0.114. The van der Waals surface area contributed by atoms with Crippen LogP contribution in [-0.2, 0) is 4.79 Å². The van der Waals surface area contributed by atoms with Gasteiger partial charge < -0.3 is 15.7 Å². The summed E-state index contributed by atoms with van der Waals surface area (Å²) in [6.07, 6.45) is 0. The fourth-order valence-corrected chi connectivity index (χ4v) is 2.42. The average Bonchev–Trinajstić information content (AvgIpc) is 2.42. The van der Waals surface area contributed by atoms with E-state index in [4.69, 9.17) is 0 Å². The van der Waals surface area contributed by atoms with E-state index in [0.717, 1.165) is 37.4 Å². The number of aliphatic hydroxyl groups excluding tert-OH is 1. The summed E-state index contributed by atoms with van der Waals surface area (Å²) in [6.45, 7) is 5.41. The maximum atomic E-state index is 11.0. The van der Waals surface area contributed by atoms with Crippen LogP contribution in [0.3, 0.4) is 0 Å². The van der Waals surface area contributed by atoms with Crippen LogP contribution in [0.25, 0.3) is 0 Å². The minimum atomic E-state index is -0.0754. The molecule has 0 saturated carbocycles. The van der Waals surface area contributed by atoms with Crippen LogP contribution in [0.5, 0.6) is 0 Å². The number of hydrogen-bond acceptors (Lipinski definition) is 4. The maximum absolute atomic E-state index is 11.0. The lowest BCUT2D eigenvalue weighted by Gasteiger charge is -2.34. The SMILES string of the molecule is CC(=O)Nc1ccc([C@@H](CO)N2CCNCC2)cc1.Cl. The Labute approximate surface area is 125 Å². The number of rotatable bonds is 4. The van der Waals surface area contributed by atoms with Gasteiger partial charge in [-0.05, 0) is 17.7 Å². The van der Waals surface area contributed by atoms with Gasteiger partial charge in [0.25, 0.3) is 0 Å². The molecule has 1 fully saturated rings. The largest absolute Gasteiger partial charge is 0.394 e. The molecule has 1 aromatic carbocycles. The summed E-state index contributed by atoms with van der Waals surface area (Å²) in [6, 6.07) is 7.72. The van der Waals surface area contributed by atoms with Crippen LogP contribution in [0, 0.1) is 0 Å². The van der Waals surface area contributed by atoms with Gasteiger partial charge in [0.15, 0.2) is 0 Å². The third-order valence-electron chi connectivity index (χ3n) is 3.38. The van der Waals surface area contributed by atoms with Crippen molar-refractivity contribution in [3.8, 4) is 0 Å². The summed E-state index contributed by atoms with van der Waals surface area (Å²) in [5.41, 5.74) is 1.87. The van der Waals surface area contributed by atoms with E-state index in [1.54, 1.807) is 0 Å². The Kier molecular flexibility index (Phi) is 6.95. The number of carbonyl (C=O) groups is 1. The lowest BCUT2D eigenvalue weighted by atomic mass is 10.0. The molecule has 0 aromatic heterocycles. The first-order valence-electron chi connectivity index (χ1n) is 6.64. The molecule has 1 aliphatic heterocycles. The monoisotopic (exact) mass is 299 g/mol. The Balaban J connectivity index is 0.00000200. The molecule has 0 bridgehead atoms. The highest BCUT2D eigenvalue weighted by molar-refractivity contribution is 5.88. The van der Waals surface area contributed by atoms with Crippen LogP contribution in [0.15, 0.2) is 24.3 Å². The minimum Gasteiger partial charge on any atom is -0.394 e. The Morgan fingerprint density at radius 3 is 2.45 bits per heavy atom. The highest BCUT2D eigenvalue weighted by atomic mass is 35.5. The molecule has 20 heavy (non-hydrogen) atoms. The zero-order chi connectivity index (χ0) is 13.7. The summed E-state index contributed by atoms with van der Waals surface area (Å²) in [5, 5.41) is 15.7. The molecule has 1 atom stereocenters. The van der Waals surface area contributed by atoms with Crippen molar-refractivity contribution >= 4 is 24.0 Å². The quantitative estimate of drug-likeness (QED) is 0.776. The fraction of sp³-hybridized carbons (Fsp3) is 0.500. The van der Waals surface area contributed by atoms with Gasteiger partial charge >= 0.3 is 0 Å². The highest BCUT2D eigenvalue weighted by Crippen LogP contribution is 2.22. The first-order valence-corrected chi connectivity index (χ1v) is 6.64. The molecular weight excluding hydrogens is 278 g/mol. The molecule has 1 heterocycles. The molecule has 112 valence electrons. The predicted octanol–water partition coefficient (Wildman–Crippen LogP) is 1.01. The van der Waals surface area contributed by atoms with Gasteiger partial charge in [0, 0.05) is 38.8 Å². The van der Waals surface area contributed by atoms with Crippen molar-refractivity contribution in [3.63, 3.8) is 0 Å². The van der Waals surface area contributed by atoms with Crippen molar-refractivity contribution < 1.29 is 9.90 Å². The number of hydrogen-bond donors (Lipinski definition) is 3. The van der Waals surface area contributed by atoms with E-state index < -0.39 is 0 Å². The Bertz CT molecular complexity index is 419. The van der Waals surface area contributed by atoms with E-state index >= 15 is 0 Å². The van der Waals surface area contributed by atoms with Crippen LogP contribution in [0.1, 0.15) is 18.5 Å². The van der Waals surface area contributed by atoms with E-state index in [9.17, 15) is 9.90 Å². The van der Waals surface area contributed by atoms with E-state index in [-0.39, 0.29) is 31.0 Å². The average molecular weight is 300 g/mol. The van der Waals surface area contributed by atoms with E-state index in [1.165, 1.54) is 6.92 Å². The molecule has 0 unspecified atom stereocenters. The molecule has 1 amide bonds. The molecule has 1 aliphatic rings. The second-order valence-electron chi connectivity index (χ2n) is 4.79. The molecular formula is C14H22ClN3O2. The Hall–Kier alpha value is -1.14. The van der Waals surface area contributed by atoms with Gasteiger partial charge in [-0.2, -0.15) is 0 Å². The fourth-order valence-electron chi connectivity index (χ4n) is 2.42. The lowest BCUT2D eigenvalue weighted by Crippen LogP contribution is -2.46. The van der Waals surface area contributed by atoms with Crippen molar-refractivity contribution in [3.05, 3.63) is 29.8 Å². The van der Waals surface area contributed by atoms with E-state index in [0.29, 0.717) is 0 Å². The highest BCUT2D eigenvalue weighted by Gasteiger charge is 2.21. The van der Waals surface area contributed by atoms with Crippen molar-refractivity contribution in [1.82, 2.24) is 10.2 Å². The minimum absolute atomic E-state index is 0. The van der Waals surface area contributed by atoms with Crippen LogP contribution in [-0.4, -0.2) is 48.7 Å². The smallest absolute Gasteiger partial charge is 0.221 e. The first kappa shape index (κ1) is 16.9. The summed E-state index contributed by atoms with van der Waals surface area (Å²) in [5.74, 6) is -0.0754. The van der Waals surface area contributed by atoms with Gasteiger partial charge in [-0.1, -0.05) is 12.1 Å². The number of anilines is 1. The summed E-state index contributed by atoms with van der Waals surface area (Å²) < 4.78 is 0. The van der Waals surface area contributed by atoms with Crippen molar-refractivity contribution in [2.24, 2.45) is 0 Å². The molecule has 0 radical (unpaired) electrons. The maximum Gasteiger partial charge on any atom is 0.221 e. The number of halogens is 1. The molecule has 3 N–H and O–H groups in total. The number of nitrogens with zero attached hydrogens (tertiary/aromatic N) is 1. The molecule has 5 nitrogen and oxygen atoms in total. The molecule has 1 aromatic rings. The van der Waals surface area contributed by atoms with Gasteiger partial charge in [-0.25, -0.2) is 0 Å². The standard InChI is InChI=1S/C14H21N3O2.ClH/c1-11(19)16-13-4-2-12(3-5-13)14(10-18)17-8-6-15-7-9-17;/h2-5,14-15,18H,6-10H2,1H3,(H,16,19);1H/t14-;/m1./s1. The van der Waals surface area contributed by atoms with Crippen LogP contribution < -0.4 is 10.6 Å². The number of carbonyl (C=O) groups excluding carboxylic acids is 1. The number of amides is 1. The molecule has 0 spiro atoms. The molecule has 6 heteroatoms. The zero-order valence-electron chi connectivity index (χ0n) is 11.6. The third-order valence-corrected chi connectivity index (χ3v) is 3.38. The van der Waals surface area contributed by atoms with Crippen LogP contribution in [0.4, 0.5) is 5.69 Å². The van der Waals surface area contributed by atoms with Crippen molar-refractivity contribution in [2.45, 2.75) is 13.0 Å². The van der Waals surface area contributed by atoms with E-state index in [2.05, 4.69) is 15.5 Å². The van der Waals surface area contributed by atoms with Crippen molar-refractivity contribution in [1.29, 1.82) is 0 Å². The van der Waals surface area contributed by atoms with Gasteiger partial charge in [0.1, 0.15) is 0 Å². The van der Waals surface area contributed by atoms with Gasteiger partial charge in [-0.3, -0.25) is 9.69 Å². The van der Waals surface area contributed by atoms with Crippen molar-refractivity contribution in [2.75, 3.05) is 38.1 Å². The first-order chi connectivity index (χ1) is 9.20. The number of piperazine rings is 1. The summed E-state index contributed by atoms with van der Waals surface area (Å²) in [7, 11) is 0. The van der Waals surface area contributed by atoms with Gasteiger partial charge in [-0.15, -0.1) is 12.4 Å². The zero-order valence-corrected chi connectivity index (χ0v) is 12.4. The van der Waals surface area contributed by atoms with Gasteiger partial charge in [0.2, 0.25) is 5.91 Å². The van der Waals surface area contributed by atoms with Crippen LogP contribution >= 0.6 is 12.4 Å². The number of benzene rings is 1. The van der Waals surface area contributed by atoms with Gasteiger partial charge in [0.05, 0.1) is 12.6 Å². The molecule has 1 saturated heterocycles.